The van der Waals surface area contributed by atoms with E-state index in [2.05, 4.69) is 17.2 Å². The summed E-state index contributed by atoms with van der Waals surface area (Å²) >= 11 is 1.61. The van der Waals surface area contributed by atoms with Gasteiger partial charge in [0, 0.05) is 41.1 Å². The van der Waals surface area contributed by atoms with Crippen LogP contribution in [0, 0.1) is 26.7 Å². The number of nitrogens with one attached hydrogen (secondary N) is 2. The highest BCUT2D eigenvalue weighted by Gasteiger charge is 2.31. The van der Waals surface area contributed by atoms with Crippen LogP contribution in [0.15, 0.2) is 16.2 Å². The number of carbonyl (C=O) groups is 2. The zero-order valence-corrected chi connectivity index (χ0v) is 19.4. The molecule has 7 nitrogen and oxygen atoms in total. The van der Waals surface area contributed by atoms with E-state index in [0.29, 0.717) is 36.1 Å². The Bertz CT molecular complexity index is 1020. The molecule has 1 fully saturated rings. The van der Waals surface area contributed by atoms with Gasteiger partial charge in [0.1, 0.15) is 0 Å². The van der Waals surface area contributed by atoms with E-state index in [1.165, 1.54) is 9.78 Å². The first kappa shape index (κ1) is 23.1. The van der Waals surface area contributed by atoms with Gasteiger partial charge in [-0.05, 0) is 69.1 Å². The summed E-state index contributed by atoms with van der Waals surface area (Å²) in [5, 5.41) is 14.0. The molecule has 2 amide bonds. The van der Waals surface area contributed by atoms with Crippen LogP contribution >= 0.6 is 11.3 Å². The zero-order chi connectivity index (χ0) is 22.7. The third-order valence-electron chi connectivity index (χ3n) is 6.40. The van der Waals surface area contributed by atoms with E-state index in [0.717, 1.165) is 36.1 Å². The van der Waals surface area contributed by atoms with Crippen LogP contribution < -0.4 is 10.9 Å². The Morgan fingerprint density at radius 3 is 2.55 bits per heavy atom. The van der Waals surface area contributed by atoms with E-state index >= 15 is 0 Å². The molecule has 1 aliphatic heterocycles. The molecule has 0 aromatic carbocycles. The van der Waals surface area contributed by atoms with Crippen LogP contribution in [-0.2, 0) is 6.54 Å². The molecule has 1 saturated heterocycles. The molecule has 31 heavy (non-hydrogen) atoms. The number of amides is 2. The first-order valence-corrected chi connectivity index (χ1v) is 11.6. The van der Waals surface area contributed by atoms with Crippen molar-refractivity contribution in [2.24, 2.45) is 5.92 Å². The molecular formula is C23H31N3O4S. The van der Waals surface area contributed by atoms with Crippen molar-refractivity contribution < 1.29 is 14.7 Å². The normalized spacial score (nSPS) is 15.7. The van der Waals surface area contributed by atoms with E-state index in [1.54, 1.807) is 11.3 Å². The summed E-state index contributed by atoms with van der Waals surface area (Å²) in [7, 11) is 0. The summed E-state index contributed by atoms with van der Waals surface area (Å²) < 4.78 is 0. The fraction of sp³-hybridized carbons (Fsp3) is 0.522. The zero-order valence-electron chi connectivity index (χ0n) is 18.6. The molecule has 2 aromatic rings. The number of aryl methyl sites for hydroxylation is 2. The van der Waals surface area contributed by atoms with Crippen molar-refractivity contribution in [1.29, 1.82) is 0 Å². The average Bonchev–Trinajstić information content (AvgIpc) is 3.09. The Morgan fingerprint density at radius 1 is 1.29 bits per heavy atom. The maximum atomic E-state index is 12.9. The Labute approximate surface area is 186 Å². The lowest BCUT2D eigenvalue weighted by molar-refractivity contribution is 0.0950. The number of likely N-dealkylation sites (tertiary alicyclic amines) is 1. The summed E-state index contributed by atoms with van der Waals surface area (Å²) in [4.78, 5) is 41.7. The number of H-pyrrole nitrogens is 1. The lowest BCUT2D eigenvalue weighted by Crippen LogP contribution is -2.38. The second kappa shape index (κ2) is 9.68. The molecule has 8 heteroatoms. The fourth-order valence-corrected chi connectivity index (χ4v) is 5.96. The van der Waals surface area contributed by atoms with Crippen LogP contribution in [0.4, 0.5) is 4.79 Å². The van der Waals surface area contributed by atoms with Crippen molar-refractivity contribution in [3.63, 3.8) is 0 Å². The summed E-state index contributed by atoms with van der Waals surface area (Å²) in [6.07, 6.45) is 1.80. The van der Waals surface area contributed by atoms with Crippen LogP contribution in [0.2, 0.25) is 0 Å². The van der Waals surface area contributed by atoms with Crippen molar-refractivity contribution in [2.75, 3.05) is 13.1 Å². The Hall–Kier alpha value is -2.61. The number of rotatable bonds is 6. The van der Waals surface area contributed by atoms with Gasteiger partial charge in [0.05, 0.1) is 5.56 Å². The summed E-state index contributed by atoms with van der Waals surface area (Å²) in [6, 6.07) is 1.90. The minimum Gasteiger partial charge on any atom is -0.465 e. The second-order valence-electron chi connectivity index (χ2n) is 8.39. The van der Waals surface area contributed by atoms with Crippen LogP contribution in [0.25, 0.3) is 0 Å². The highest BCUT2D eigenvalue weighted by atomic mass is 32.1. The summed E-state index contributed by atoms with van der Waals surface area (Å²) in [6.45, 7) is 9.17. The Kier molecular flexibility index (Phi) is 7.20. The molecule has 1 unspecified atom stereocenters. The molecule has 0 saturated carbocycles. The molecule has 3 N–H and O–H groups in total. The third-order valence-corrected chi connectivity index (χ3v) is 7.61. The molecule has 0 aliphatic carbocycles. The molecule has 0 spiro atoms. The maximum absolute atomic E-state index is 12.9. The number of thiophene rings is 1. The van der Waals surface area contributed by atoms with Gasteiger partial charge in [0.15, 0.2) is 0 Å². The van der Waals surface area contributed by atoms with Gasteiger partial charge in [-0.25, -0.2) is 4.79 Å². The highest BCUT2D eigenvalue weighted by molar-refractivity contribution is 7.10. The molecule has 0 bridgehead atoms. The Balaban J connectivity index is 1.71. The van der Waals surface area contributed by atoms with Gasteiger partial charge in [-0.1, -0.05) is 6.92 Å². The van der Waals surface area contributed by atoms with Gasteiger partial charge in [-0.2, -0.15) is 0 Å². The summed E-state index contributed by atoms with van der Waals surface area (Å²) in [5.41, 5.74) is 3.72. The number of aromatic nitrogens is 1. The predicted octanol–water partition coefficient (Wildman–Crippen LogP) is 4.18. The fourth-order valence-electron chi connectivity index (χ4n) is 4.61. The van der Waals surface area contributed by atoms with Crippen molar-refractivity contribution in [1.82, 2.24) is 15.2 Å². The molecule has 1 atom stereocenters. The second-order valence-corrected chi connectivity index (χ2v) is 9.30. The minimum absolute atomic E-state index is 0.167. The standard InChI is InChI=1S/C23H31N3O4S/c1-5-17(16-6-8-26(9-7-16)23(29)30)20-15(4)19(12-31-20)21(27)24-11-18-13(2)10-14(3)25-22(18)28/h10,12,16-17H,5-9,11H2,1-4H3,(H,24,27)(H,25,28)(H,29,30). The topological polar surface area (TPSA) is 103 Å². The average molecular weight is 446 g/mol. The number of nitrogens with zero attached hydrogens (tertiary/aromatic N) is 1. The Morgan fingerprint density at radius 2 is 1.97 bits per heavy atom. The SMILES string of the molecule is CCC(c1scc(C(=O)NCc2c(C)cc(C)[nH]c2=O)c1C)C1CCN(C(=O)O)CC1. The van der Waals surface area contributed by atoms with Crippen molar-refractivity contribution in [3.8, 4) is 0 Å². The smallest absolute Gasteiger partial charge is 0.407 e. The van der Waals surface area contributed by atoms with Crippen molar-refractivity contribution >= 4 is 23.3 Å². The first-order valence-electron chi connectivity index (χ1n) is 10.8. The van der Waals surface area contributed by atoms with Crippen LogP contribution in [0.5, 0.6) is 0 Å². The van der Waals surface area contributed by atoms with Gasteiger partial charge in [0.25, 0.3) is 11.5 Å². The largest absolute Gasteiger partial charge is 0.465 e. The number of pyridine rings is 1. The number of carbonyl (C=O) groups excluding carboxylic acids is 1. The molecule has 168 valence electrons. The molecule has 3 heterocycles. The third kappa shape index (κ3) is 5.01. The minimum atomic E-state index is -0.847. The van der Waals surface area contributed by atoms with Gasteiger partial charge in [-0.3, -0.25) is 9.59 Å². The predicted molar refractivity (Wildman–Crippen MR) is 122 cm³/mol. The molecule has 0 radical (unpaired) electrons. The number of piperidine rings is 1. The number of aromatic amines is 1. The molecule has 2 aromatic heterocycles. The van der Waals surface area contributed by atoms with E-state index in [9.17, 15) is 19.5 Å². The molecule has 1 aliphatic rings. The van der Waals surface area contributed by atoms with Crippen molar-refractivity contribution in [3.05, 3.63) is 54.6 Å². The van der Waals surface area contributed by atoms with Gasteiger partial charge in [0.2, 0.25) is 0 Å². The molecule has 3 rings (SSSR count). The van der Waals surface area contributed by atoms with E-state index < -0.39 is 6.09 Å². The number of carboxylic acid groups (broad SMARTS) is 1. The van der Waals surface area contributed by atoms with Crippen LogP contribution in [0.1, 0.15) is 69.7 Å². The van der Waals surface area contributed by atoms with Crippen molar-refractivity contribution in [2.45, 2.75) is 59.4 Å². The number of hydrogen-bond acceptors (Lipinski definition) is 4. The maximum Gasteiger partial charge on any atom is 0.407 e. The first-order chi connectivity index (χ1) is 14.7. The van der Waals surface area contributed by atoms with Gasteiger partial charge >= 0.3 is 6.09 Å². The lowest BCUT2D eigenvalue weighted by atomic mass is 9.80. The van der Waals surface area contributed by atoms with Crippen LogP contribution in [-0.4, -0.2) is 40.1 Å². The van der Waals surface area contributed by atoms with E-state index in [4.69, 9.17) is 0 Å². The van der Waals surface area contributed by atoms with Gasteiger partial charge in [-0.15, -0.1) is 11.3 Å². The number of hydrogen-bond donors (Lipinski definition) is 3. The summed E-state index contributed by atoms with van der Waals surface area (Å²) in [5.74, 6) is 0.572. The quantitative estimate of drug-likeness (QED) is 0.621. The van der Waals surface area contributed by atoms with E-state index in [1.807, 2.05) is 32.2 Å². The monoisotopic (exact) mass is 445 g/mol. The lowest BCUT2D eigenvalue weighted by Gasteiger charge is -2.34. The van der Waals surface area contributed by atoms with E-state index in [-0.39, 0.29) is 18.0 Å². The van der Waals surface area contributed by atoms with Gasteiger partial charge < -0.3 is 20.3 Å². The molecular weight excluding hydrogens is 414 g/mol. The van der Waals surface area contributed by atoms with Crippen LogP contribution in [0.3, 0.4) is 0 Å². The highest BCUT2D eigenvalue weighted by Crippen LogP contribution is 2.40.